The van der Waals surface area contributed by atoms with Crippen molar-refractivity contribution in [3.63, 3.8) is 0 Å². The molecule has 0 bridgehead atoms. The zero-order chi connectivity index (χ0) is 31.7. The van der Waals surface area contributed by atoms with Gasteiger partial charge in [-0.25, -0.2) is 0 Å². The molecule has 1 aromatic carbocycles. The highest BCUT2D eigenvalue weighted by Gasteiger charge is 2.26. The van der Waals surface area contributed by atoms with Gasteiger partial charge in [0.05, 0.1) is 0 Å². The third-order valence-electron chi connectivity index (χ3n) is 8.30. The maximum absolute atomic E-state index is 9.68. The van der Waals surface area contributed by atoms with Crippen molar-refractivity contribution >= 4 is 6.08 Å². The lowest BCUT2D eigenvalue weighted by molar-refractivity contribution is 0.128. The molecule has 1 aliphatic rings. The van der Waals surface area contributed by atoms with Crippen LogP contribution < -0.4 is 4.74 Å². The second-order valence-electron chi connectivity index (χ2n) is 13.2. The van der Waals surface area contributed by atoms with E-state index in [0.717, 1.165) is 75.5 Å². The quantitative estimate of drug-likeness (QED) is 0.174. The molecule has 0 saturated carbocycles. The first-order valence-electron chi connectivity index (χ1n) is 16.6. The molecule has 43 heavy (non-hydrogen) atoms. The van der Waals surface area contributed by atoms with Crippen LogP contribution in [0, 0.1) is 0 Å². The third kappa shape index (κ3) is 15.9. The van der Waals surface area contributed by atoms with Crippen molar-refractivity contribution < 1.29 is 9.84 Å². The molecule has 0 aliphatic carbocycles. The monoisotopic (exact) mass is 584 g/mol. The van der Waals surface area contributed by atoms with E-state index in [4.69, 9.17) is 4.74 Å². The average Bonchev–Trinajstić information content (AvgIpc) is 2.93. The fourth-order valence-corrected chi connectivity index (χ4v) is 5.33. The normalized spacial score (nSPS) is 18.0. The van der Waals surface area contributed by atoms with Crippen LogP contribution in [-0.4, -0.2) is 10.7 Å². The molecule has 2 rings (SSSR count). The zero-order valence-electron chi connectivity index (χ0n) is 28.7. The summed E-state index contributed by atoms with van der Waals surface area (Å²) >= 11 is 0. The van der Waals surface area contributed by atoms with Gasteiger partial charge < -0.3 is 9.84 Å². The van der Waals surface area contributed by atoms with E-state index in [1.165, 1.54) is 46.3 Å². The topological polar surface area (TPSA) is 29.5 Å². The summed E-state index contributed by atoms with van der Waals surface area (Å²) in [6.45, 7) is 17.8. The molecule has 1 unspecified atom stereocenters. The molecule has 0 aromatic heterocycles. The van der Waals surface area contributed by atoms with Crippen LogP contribution in [0.1, 0.15) is 138 Å². The minimum absolute atomic E-state index is 0.273. The van der Waals surface area contributed by atoms with Gasteiger partial charge in [-0.3, -0.25) is 0 Å². The largest absolute Gasteiger partial charge is 0.508 e. The number of fused-ring (bicyclic) bond motifs is 1. The molecule has 2 nitrogen and oxygen atoms in total. The van der Waals surface area contributed by atoms with Gasteiger partial charge in [0.1, 0.15) is 17.1 Å². The van der Waals surface area contributed by atoms with Crippen molar-refractivity contribution in [2.45, 2.75) is 138 Å². The summed E-state index contributed by atoms with van der Waals surface area (Å²) in [5.41, 5.74) is 9.54. The van der Waals surface area contributed by atoms with Crippen LogP contribution in [0.5, 0.6) is 11.5 Å². The molecule has 0 spiro atoms. The Morgan fingerprint density at radius 3 is 1.49 bits per heavy atom. The van der Waals surface area contributed by atoms with Gasteiger partial charge in [-0.05, 0) is 157 Å². The van der Waals surface area contributed by atoms with E-state index < -0.39 is 0 Å². The summed E-state index contributed by atoms with van der Waals surface area (Å²) in [5, 5.41) is 9.68. The minimum atomic E-state index is -0.306. The summed E-state index contributed by atoms with van der Waals surface area (Å²) in [7, 11) is 0. The lowest BCUT2D eigenvalue weighted by atomic mass is 9.94. The van der Waals surface area contributed by atoms with E-state index in [9.17, 15) is 5.11 Å². The van der Waals surface area contributed by atoms with E-state index in [1.807, 2.05) is 6.07 Å². The molecule has 0 saturated heterocycles. The van der Waals surface area contributed by atoms with E-state index in [1.54, 1.807) is 12.1 Å². The molecule has 1 aliphatic heterocycles. The van der Waals surface area contributed by atoms with E-state index in [-0.39, 0.29) is 11.4 Å². The van der Waals surface area contributed by atoms with Crippen LogP contribution in [0.2, 0.25) is 0 Å². The first kappa shape index (κ1) is 36.2. The van der Waals surface area contributed by atoms with Crippen LogP contribution in [-0.2, 0) is 0 Å². The van der Waals surface area contributed by atoms with Gasteiger partial charge in [0.25, 0.3) is 0 Å². The lowest BCUT2D eigenvalue weighted by Crippen LogP contribution is -2.31. The van der Waals surface area contributed by atoms with E-state index >= 15 is 0 Å². The molecule has 1 heterocycles. The highest BCUT2D eigenvalue weighted by molar-refractivity contribution is 5.62. The van der Waals surface area contributed by atoms with Gasteiger partial charge in [0.2, 0.25) is 0 Å². The Bertz CT molecular complexity index is 1230. The van der Waals surface area contributed by atoms with Crippen LogP contribution in [0.4, 0.5) is 0 Å². The molecule has 0 fully saturated rings. The first-order chi connectivity index (χ1) is 20.5. The van der Waals surface area contributed by atoms with Crippen molar-refractivity contribution in [1.29, 1.82) is 0 Å². The molecule has 0 amide bonds. The van der Waals surface area contributed by atoms with Crippen molar-refractivity contribution in [3.05, 3.63) is 99.7 Å². The van der Waals surface area contributed by atoms with Crippen molar-refractivity contribution in [2.75, 3.05) is 0 Å². The van der Waals surface area contributed by atoms with Gasteiger partial charge in [-0.2, -0.15) is 0 Å². The standard InChI is InChI=1S/C41H60O2/c1-32(2)15-9-16-33(3)17-10-18-34(4)19-11-20-35(5)21-12-22-36(6)23-13-24-37(7)25-14-29-41(8)30-28-38-31-39(42)26-27-40(38)43-41/h15,17,19,21,23,25-28,30-31,42H,9-14,16,18,20,22,24,29H2,1-8H3. The Morgan fingerprint density at radius 1 is 0.628 bits per heavy atom. The molecular formula is C41H60O2. The number of phenols is 1. The maximum Gasteiger partial charge on any atom is 0.128 e. The zero-order valence-corrected chi connectivity index (χ0v) is 28.7. The van der Waals surface area contributed by atoms with Crippen LogP contribution in [0.25, 0.3) is 6.08 Å². The number of benzene rings is 1. The number of ether oxygens (including phenoxy) is 1. The molecule has 1 aromatic rings. The highest BCUT2D eigenvalue weighted by Crippen LogP contribution is 2.35. The number of phenolic OH excluding ortho intramolecular Hbond substituents is 1. The Kier molecular flexibility index (Phi) is 16.3. The summed E-state index contributed by atoms with van der Waals surface area (Å²) in [6, 6.07) is 5.29. The first-order valence-corrected chi connectivity index (χ1v) is 16.6. The molecule has 2 heteroatoms. The maximum atomic E-state index is 9.68. The molecule has 0 radical (unpaired) electrons. The predicted octanol–water partition coefficient (Wildman–Crippen LogP) is 12.9. The molecule has 1 atom stereocenters. The minimum Gasteiger partial charge on any atom is -0.508 e. The summed E-state index contributed by atoms with van der Waals surface area (Å²) in [5.74, 6) is 1.12. The fraction of sp³-hybridized carbons (Fsp3) is 0.512. The summed E-state index contributed by atoms with van der Waals surface area (Å²) in [4.78, 5) is 0. The molecular weight excluding hydrogens is 524 g/mol. The Hall–Kier alpha value is -3.00. The fourth-order valence-electron chi connectivity index (χ4n) is 5.33. The smallest absolute Gasteiger partial charge is 0.128 e. The number of aromatic hydroxyl groups is 1. The number of hydrogen-bond acceptors (Lipinski definition) is 2. The Balaban J connectivity index is 1.61. The van der Waals surface area contributed by atoms with E-state index in [0.29, 0.717) is 0 Å². The summed E-state index contributed by atoms with van der Waals surface area (Å²) in [6.07, 6.45) is 32.0. The number of allylic oxidation sites excluding steroid dienone is 12. The Labute approximate surface area is 264 Å². The van der Waals surface area contributed by atoms with Crippen LogP contribution in [0.3, 0.4) is 0 Å². The number of hydrogen-bond donors (Lipinski definition) is 1. The molecule has 1 N–H and O–H groups in total. The molecule has 236 valence electrons. The average molecular weight is 585 g/mol. The van der Waals surface area contributed by atoms with Gasteiger partial charge in [0, 0.05) is 5.56 Å². The summed E-state index contributed by atoms with van der Waals surface area (Å²) < 4.78 is 6.24. The van der Waals surface area contributed by atoms with Gasteiger partial charge in [-0.1, -0.05) is 76.0 Å². The second kappa shape index (κ2) is 19.3. The SMILES string of the molecule is CC(C)=CCCC(C)=CCCC(C)=CCCC(C)=CCCC(C)=CCCC(C)=CCCC1(C)C=Cc2cc(O)ccc2O1. The predicted molar refractivity (Wildman–Crippen MR) is 190 cm³/mol. The van der Waals surface area contributed by atoms with Crippen molar-refractivity contribution in [3.8, 4) is 11.5 Å². The van der Waals surface area contributed by atoms with Crippen molar-refractivity contribution in [2.24, 2.45) is 0 Å². The second-order valence-corrected chi connectivity index (χ2v) is 13.2. The van der Waals surface area contributed by atoms with Gasteiger partial charge in [0.15, 0.2) is 0 Å². The third-order valence-corrected chi connectivity index (χ3v) is 8.30. The highest BCUT2D eigenvalue weighted by atomic mass is 16.5. The van der Waals surface area contributed by atoms with Crippen LogP contribution >= 0.6 is 0 Å². The number of rotatable bonds is 18. The Morgan fingerprint density at radius 2 is 1.05 bits per heavy atom. The van der Waals surface area contributed by atoms with Gasteiger partial charge in [-0.15, -0.1) is 0 Å². The van der Waals surface area contributed by atoms with E-state index in [2.05, 4.69) is 104 Å². The van der Waals surface area contributed by atoms with Gasteiger partial charge >= 0.3 is 0 Å². The lowest BCUT2D eigenvalue weighted by Gasteiger charge is -2.31. The van der Waals surface area contributed by atoms with Crippen molar-refractivity contribution in [1.82, 2.24) is 0 Å². The van der Waals surface area contributed by atoms with Crippen LogP contribution in [0.15, 0.2) is 94.2 Å².